The molecule has 0 saturated carbocycles. The van der Waals surface area contributed by atoms with Crippen molar-refractivity contribution in [3.63, 3.8) is 0 Å². The summed E-state index contributed by atoms with van der Waals surface area (Å²) < 4.78 is 0. The standard InChI is InChI=1S/C20H19N5O2S/c1-24-18(27)14-10-25(11-20(14,23-19(24)21)16-7-4-8-28-16)17(26)13-9-22-15-6-3-2-5-12(13)15/h2-9,14,22H,10-11H2,1H3,(H2,21,23). The molecule has 2 unspecified atom stereocenters. The maximum absolute atomic E-state index is 13.4. The monoisotopic (exact) mass is 393 g/mol. The number of aromatic amines is 1. The Balaban J connectivity index is 1.58. The SMILES string of the molecule is CN1C(=O)C2CN(C(=O)c3c[nH]c4ccccc34)CC2(c2cccs2)N=C1N. The van der Waals surface area contributed by atoms with Crippen LogP contribution in [0.4, 0.5) is 0 Å². The molecule has 2 aromatic heterocycles. The van der Waals surface area contributed by atoms with E-state index >= 15 is 0 Å². The van der Waals surface area contributed by atoms with E-state index in [1.54, 1.807) is 18.1 Å². The third-order valence-electron chi connectivity index (χ3n) is 5.75. The second kappa shape index (κ2) is 5.93. The van der Waals surface area contributed by atoms with E-state index in [0.717, 1.165) is 15.8 Å². The number of nitrogens with two attached hydrogens (primary N) is 1. The van der Waals surface area contributed by atoms with Gasteiger partial charge in [0, 0.05) is 35.6 Å². The van der Waals surface area contributed by atoms with Crippen molar-refractivity contribution >= 4 is 40.0 Å². The molecule has 0 aliphatic carbocycles. The number of para-hydroxylation sites is 1. The summed E-state index contributed by atoms with van der Waals surface area (Å²) in [5.74, 6) is -0.462. The van der Waals surface area contributed by atoms with Gasteiger partial charge in [-0.15, -0.1) is 11.3 Å². The molecule has 5 rings (SSSR count). The Labute approximate surface area is 165 Å². The summed E-state index contributed by atoms with van der Waals surface area (Å²) in [6, 6.07) is 11.6. The number of aliphatic imine (C=N–C) groups is 1. The number of carbonyl (C=O) groups is 2. The van der Waals surface area contributed by atoms with Crippen molar-refractivity contribution in [3.8, 4) is 0 Å². The zero-order valence-corrected chi connectivity index (χ0v) is 16.1. The molecule has 1 saturated heterocycles. The lowest BCUT2D eigenvalue weighted by atomic mass is 9.84. The molecule has 28 heavy (non-hydrogen) atoms. The van der Waals surface area contributed by atoms with Crippen LogP contribution in [0, 0.1) is 5.92 Å². The summed E-state index contributed by atoms with van der Waals surface area (Å²) in [7, 11) is 1.63. The van der Waals surface area contributed by atoms with Crippen LogP contribution >= 0.6 is 11.3 Å². The van der Waals surface area contributed by atoms with Gasteiger partial charge in [0.2, 0.25) is 5.91 Å². The van der Waals surface area contributed by atoms with Gasteiger partial charge in [-0.1, -0.05) is 24.3 Å². The molecule has 3 aromatic rings. The number of aromatic nitrogens is 1. The van der Waals surface area contributed by atoms with Gasteiger partial charge in [-0.25, -0.2) is 4.99 Å². The van der Waals surface area contributed by atoms with Crippen LogP contribution < -0.4 is 5.73 Å². The van der Waals surface area contributed by atoms with Crippen molar-refractivity contribution in [1.82, 2.24) is 14.8 Å². The highest BCUT2D eigenvalue weighted by atomic mass is 32.1. The minimum atomic E-state index is -0.816. The molecule has 3 N–H and O–H groups in total. The van der Waals surface area contributed by atoms with E-state index in [0.29, 0.717) is 18.7 Å². The number of nitrogens with zero attached hydrogens (tertiary/aromatic N) is 3. The number of fused-ring (bicyclic) bond motifs is 2. The molecule has 7 nitrogen and oxygen atoms in total. The van der Waals surface area contributed by atoms with Gasteiger partial charge in [-0.3, -0.25) is 14.5 Å². The predicted molar refractivity (Wildman–Crippen MR) is 108 cm³/mol. The molecule has 2 atom stereocenters. The highest BCUT2D eigenvalue weighted by molar-refractivity contribution is 7.10. The fourth-order valence-electron chi connectivity index (χ4n) is 4.26. The van der Waals surface area contributed by atoms with Gasteiger partial charge in [0.15, 0.2) is 5.96 Å². The highest BCUT2D eigenvalue weighted by Crippen LogP contribution is 2.46. The summed E-state index contributed by atoms with van der Waals surface area (Å²) in [4.78, 5) is 38.3. The van der Waals surface area contributed by atoms with Gasteiger partial charge in [-0.05, 0) is 17.5 Å². The number of thiophene rings is 1. The van der Waals surface area contributed by atoms with Crippen LogP contribution in [-0.2, 0) is 10.3 Å². The number of hydrogen-bond acceptors (Lipinski definition) is 5. The first-order chi connectivity index (χ1) is 13.5. The summed E-state index contributed by atoms with van der Waals surface area (Å²) in [5.41, 5.74) is 6.76. The smallest absolute Gasteiger partial charge is 0.256 e. The quantitative estimate of drug-likeness (QED) is 0.697. The molecule has 2 aliphatic rings. The van der Waals surface area contributed by atoms with E-state index in [-0.39, 0.29) is 17.8 Å². The van der Waals surface area contributed by atoms with E-state index in [9.17, 15) is 9.59 Å². The molecule has 2 amide bonds. The summed E-state index contributed by atoms with van der Waals surface area (Å²) in [6.07, 6.45) is 1.73. The lowest BCUT2D eigenvalue weighted by Gasteiger charge is -2.36. The highest BCUT2D eigenvalue weighted by Gasteiger charge is 2.57. The van der Waals surface area contributed by atoms with E-state index in [1.165, 1.54) is 16.2 Å². The Morgan fingerprint density at radius 1 is 1.32 bits per heavy atom. The van der Waals surface area contributed by atoms with Crippen LogP contribution in [0.3, 0.4) is 0 Å². The summed E-state index contributed by atoms with van der Waals surface area (Å²) >= 11 is 1.54. The minimum absolute atomic E-state index is 0.102. The van der Waals surface area contributed by atoms with Crippen molar-refractivity contribution in [1.29, 1.82) is 0 Å². The van der Waals surface area contributed by atoms with E-state index in [4.69, 9.17) is 10.7 Å². The van der Waals surface area contributed by atoms with E-state index < -0.39 is 11.5 Å². The first kappa shape index (κ1) is 17.0. The molecular formula is C20H19N5O2S. The lowest BCUT2D eigenvalue weighted by Crippen LogP contribution is -2.54. The molecule has 0 bridgehead atoms. The minimum Gasteiger partial charge on any atom is -0.369 e. The maximum atomic E-state index is 13.4. The number of carbonyl (C=O) groups excluding carboxylic acids is 2. The Hall–Kier alpha value is -3.13. The van der Waals surface area contributed by atoms with E-state index in [2.05, 4.69) is 4.98 Å². The largest absolute Gasteiger partial charge is 0.369 e. The van der Waals surface area contributed by atoms with Crippen LogP contribution in [0.1, 0.15) is 15.2 Å². The van der Waals surface area contributed by atoms with Gasteiger partial charge in [0.05, 0.1) is 18.0 Å². The van der Waals surface area contributed by atoms with Gasteiger partial charge in [0.1, 0.15) is 5.54 Å². The third-order valence-corrected chi connectivity index (χ3v) is 6.79. The van der Waals surface area contributed by atoms with Crippen molar-refractivity contribution in [2.75, 3.05) is 20.1 Å². The Bertz CT molecular complexity index is 1120. The molecule has 0 radical (unpaired) electrons. The van der Waals surface area contributed by atoms with Crippen molar-refractivity contribution in [3.05, 3.63) is 58.4 Å². The average Bonchev–Trinajstić information content (AvgIpc) is 3.43. The Morgan fingerprint density at radius 3 is 2.93 bits per heavy atom. The van der Waals surface area contributed by atoms with Gasteiger partial charge >= 0.3 is 0 Å². The summed E-state index contributed by atoms with van der Waals surface area (Å²) in [6.45, 7) is 0.646. The number of nitrogens with one attached hydrogen (secondary N) is 1. The number of H-pyrrole nitrogens is 1. The van der Waals surface area contributed by atoms with Crippen LogP contribution in [0.5, 0.6) is 0 Å². The van der Waals surface area contributed by atoms with Crippen molar-refractivity contribution < 1.29 is 9.59 Å². The van der Waals surface area contributed by atoms with Gasteiger partial charge in [0.25, 0.3) is 5.91 Å². The van der Waals surface area contributed by atoms with Crippen LogP contribution in [-0.4, -0.2) is 52.7 Å². The average molecular weight is 393 g/mol. The maximum Gasteiger partial charge on any atom is 0.256 e. The second-order valence-electron chi connectivity index (χ2n) is 7.26. The molecule has 4 heterocycles. The summed E-state index contributed by atoms with van der Waals surface area (Å²) in [5, 5.41) is 2.83. The molecule has 0 spiro atoms. The number of amides is 2. The van der Waals surface area contributed by atoms with Crippen LogP contribution in [0.2, 0.25) is 0 Å². The first-order valence-corrected chi connectivity index (χ1v) is 9.91. The number of likely N-dealkylation sites (tertiary alicyclic amines) is 1. The number of rotatable bonds is 2. The molecular weight excluding hydrogens is 374 g/mol. The predicted octanol–water partition coefficient (Wildman–Crippen LogP) is 1.98. The molecule has 1 aromatic carbocycles. The fraction of sp³-hybridized carbons (Fsp3) is 0.250. The fourth-order valence-corrected chi connectivity index (χ4v) is 5.18. The van der Waals surface area contributed by atoms with Crippen molar-refractivity contribution in [2.45, 2.75) is 5.54 Å². The zero-order valence-electron chi connectivity index (χ0n) is 15.3. The third kappa shape index (κ3) is 2.24. The zero-order chi connectivity index (χ0) is 19.5. The van der Waals surface area contributed by atoms with Crippen LogP contribution in [0.15, 0.2) is 53.0 Å². The normalized spacial score (nSPS) is 24.5. The number of benzene rings is 1. The first-order valence-electron chi connectivity index (χ1n) is 9.03. The Morgan fingerprint density at radius 2 is 2.14 bits per heavy atom. The topological polar surface area (TPSA) is 94.8 Å². The second-order valence-corrected chi connectivity index (χ2v) is 8.20. The van der Waals surface area contributed by atoms with E-state index in [1.807, 2.05) is 41.8 Å². The number of hydrogen-bond donors (Lipinski definition) is 2. The molecule has 8 heteroatoms. The molecule has 1 fully saturated rings. The van der Waals surface area contributed by atoms with Gasteiger partial charge in [-0.2, -0.15) is 0 Å². The van der Waals surface area contributed by atoms with Gasteiger partial charge < -0.3 is 15.6 Å². The Kier molecular flexibility index (Phi) is 3.60. The van der Waals surface area contributed by atoms with Crippen LogP contribution in [0.25, 0.3) is 10.9 Å². The molecule has 2 aliphatic heterocycles. The molecule has 142 valence electrons. The van der Waals surface area contributed by atoms with Crippen molar-refractivity contribution in [2.24, 2.45) is 16.6 Å². The lowest BCUT2D eigenvalue weighted by molar-refractivity contribution is -0.132. The number of guanidine groups is 1.